The topological polar surface area (TPSA) is 44.7 Å². The van der Waals surface area contributed by atoms with E-state index in [0.717, 1.165) is 39.1 Å². The second-order valence-electron chi connectivity index (χ2n) is 7.52. The van der Waals surface area contributed by atoms with Crippen molar-refractivity contribution in [2.45, 2.75) is 70.2 Å². The van der Waals surface area contributed by atoms with Crippen LogP contribution in [0.2, 0.25) is 0 Å². The van der Waals surface area contributed by atoms with Crippen LogP contribution < -0.4 is 5.32 Å². The summed E-state index contributed by atoms with van der Waals surface area (Å²) in [4.78, 5) is 2.70. The monoisotopic (exact) mass is 282 g/mol. The molecule has 3 heterocycles. The molecule has 3 atom stereocenters. The molecule has 0 radical (unpaired) electrons. The summed E-state index contributed by atoms with van der Waals surface area (Å²) in [6.45, 7) is 8.43. The molecule has 2 N–H and O–H groups in total. The van der Waals surface area contributed by atoms with Gasteiger partial charge >= 0.3 is 0 Å². The highest BCUT2D eigenvalue weighted by molar-refractivity contribution is 4.99. The Morgan fingerprint density at radius 2 is 2.00 bits per heavy atom. The van der Waals surface area contributed by atoms with Gasteiger partial charge in [-0.3, -0.25) is 4.90 Å². The van der Waals surface area contributed by atoms with Gasteiger partial charge in [0.25, 0.3) is 0 Å². The predicted octanol–water partition coefficient (Wildman–Crippen LogP) is 1.38. The largest absolute Gasteiger partial charge is 0.393 e. The highest BCUT2D eigenvalue weighted by Gasteiger charge is 2.45. The van der Waals surface area contributed by atoms with Gasteiger partial charge in [-0.1, -0.05) is 13.8 Å². The lowest BCUT2D eigenvalue weighted by Gasteiger charge is -2.42. The minimum atomic E-state index is -0.0617. The Bertz CT molecular complexity index is 314. The zero-order chi connectivity index (χ0) is 14.2. The van der Waals surface area contributed by atoms with Crippen molar-refractivity contribution in [3.05, 3.63) is 0 Å². The summed E-state index contributed by atoms with van der Waals surface area (Å²) in [7, 11) is 0. The minimum absolute atomic E-state index is 0.0617. The first-order valence-corrected chi connectivity index (χ1v) is 8.33. The number of rotatable bonds is 5. The second-order valence-corrected chi connectivity index (χ2v) is 7.52. The molecule has 0 aromatic carbocycles. The van der Waals surface area contributed by atoms with Gasteiger partial charge in [-0.15, -0.1) is 0 Å². The highest BCUT2D eigenvalue weighted by atomic mass is 16.5. The van der Waals surface area contributed by atoms with E-state index in [-0.39, 0.29) is 11.5 Å². The Kier molecular flexibility index (Phi) is 4.37. The van der Waals surface area contributed by atoms with Crippen LogP contribution in [-0.4, -0.2) is 60.5 Å². The molecule has 0 amide bonds. The van der Waals surface area contributed by atoms with Crippen LogP contribution in [0.3, 0.4) is 0 Å². The quantitative estimate of drug-likeness (QED) is 0.799. The molecule has 0 aliphatic carbocycles. The van der Waals surface area contributed by atoms with E-state index in [0.29, 0.717) is 18.1 Å². The molecule has 3 aliphatic heterocycles. The minimum Gasteiger partial charge on any atom is -0.393 e. The van der Waals surface area contributed by atoms with Gasteiger partial charge in [-0.05, 0) is 32.1 Å². The summed E-state index contributed by atoms with van der Waals surface area (Å²) >= 11 is 0. The molecule has 0 aromatic heterocycles. The van der Waals surface area contributed by atoms with E-state index >= 15 is 0 Å². The Morgan fingerprint density at radius 3 is 2.55 bits per heavy atom. The third-order valence-corrected chi connectivity index (χ3v) is 5.45. The molecule has 0 aromatic rings. The fraction of sp³-hybridized carbons (Fsp3) is 1.00. The summed E-state index contributed by atoms with van der Waals surface area (Å²) < 4.78 is 5.73. The molecule has 20 heavy (non-hydrogen) atoms. The van der Waals surface area contributed by atoms with Crippen LogP contribution in [0.1, 0.15) is 46.0 Å². The van der Waals surface area contributed by atoms with Crippen LogP contribution in [0.5, 0.6) is 0 Å². The van der Waals surface area contributed by atoms with E-state index in [4.69, 9.17) is 4.74 Å². The Morgan fingerprint density at radius 1 is 1.30 bits per heavy atom. The lowest BCUT2D eigenvalue weighted by atomic mass is 9.84. The molecule has 3 fully saturated rings. The molecule has 3 aliphatic rings. The maximum Gasteiger partial charge on any atom is 0.0570 e. The first kappa shape index (κ1) is 14.8. The summed E-state index contributed by atoms with van der Waals surface area (Å²) in [6, 6.07) is 1.76. The van der Waals surface area contributed by atoms with E-state index in [1.165, 1.54) is 19.3 Å². The molecule has 3 rings (SSSR count). The molecular weight excluding hydrogens is 252 g/mol. The van der Waals surface area contributed by atoms with Crippen molar-refractivity contribution in [3.8, 4) is 0 Å². The lowest BCUT2D eigenvalue weighted by Crippen LogP contribution is -2.52. The van der Waals surface area contributed by atoms with Crippen LogP contribution in [-0.2, 0) is 4.74 Å². The van der Waals surface area contributed by atoms with Gasteiger partial charge in [0.1, 0.15) is 0 Å². The zero-order valence-corrected chi connectivity index (χ0v) is 13.0. The number of hydrogen-bond acceptors (Lipinski definition) is 4. The van der Waals surface area contributed by atoms with Crippen LogP contribution in [0.15, 0.2) is 0 Å². The van der Waals surface area contributed by atoms with E-state index in [1.54, 1.807) is 0 Å². The van der Waals surface area contributed by atoms with Crippen molar-refractivity contribution < 1.29 is 9.84 Å². The second kappa shape index (κ2) is 5.91. The summed E-state index contributed by atoms with van der Waals surface area (Å²) in [5.74, 6) is 0. The number of ether oxygens (including phenoxy) is 1. The zero-order valence-electron chi connectivity index (χ0n) is 13.0. The number of nitrogens with one attached hydrogen (secondary N) is 1. The molecule has 0 spiro atoms. The van der Waals surface area contributed by atoms with Gasteiger partial charge in [-0.2, -0.15) is 0 Å². The predicted molar refractivity (Wildman–Crippen MR) is 79.8 cm³/mol. The Balaban J connectivity index is 1.65. The molecule has 3 unspecified atom stereocenters. The fourth-order valence-electron chi connectivity index (χ4n) is 4.28. The van der Waals surface area contributed by atoms with Gasteiger partial charge in [-0.25, -0.2) is 0 Å². The van der Waals surface area contributed by atoms with Gasteiger partial charge < -0.3 is 15.2 Å². The third-order valence-electron chi connectivity index (χ3n) is 5.45. The first-order valence-electron chi connectivity index (χ1n) is 8.33. The van der Waals surface area contributed by atoms with Crippen molar-refractivity contribution >= 4 is 0 Å². The van der Waals surface area contributed by atoms with Crippen molar-refractivity contribution in [1.29, 1.82) is 0 Å². The molecular formula is C16H30N2O2. The lowest BCUT2D eigenvalue weighted by molar-refractivity contribution is 0.00625. The molecule has 0 saturated carbocycles. The fourth-order valence-corrected chi connectivity index (χ4v) is 4.28. The number of piperidine rings is 1. The number of nitrogens with zero attached hydrogens (tertiary/aromatic N) is 1. The van der Waals surface area contributed by atoms with Crippen molar-refractivity contribution in [3.63, 3.8) is 0 Å². The molecule has 3 saturated heterocycles. The van der Waals surface area contributed by atoms with E-state index < -0.39 is 0 Å². The number of aliphatic hydroxyl groups is 1. The average Bonchev–Trinajstić information content (AvgIpc) is 2.93. The normalized spacial score (nSPS) is 41.7. The van der Waals surface area contributed by atoms with E-state index in [9.17, 15) is 5.11 Å². The number of hydrogen-bond donors (Lipinski definition) is 2. The van der Waals surface area contributed by atoms with Crippen LogP contribution in [0.4, 0.5) is 0 Å². The smallest absolute Gasteiger partial charge is 0.0570 e. The van der Waals surface area contributed by atoms with E-state index in [1.807, 2.05) is 0 Å². The summed E-state index contributed by atoms with van der Waals surface area (Å²) in [5, 5.41) is 13.6. The van der Waals surface area contributed by atoms with Gasteiger partial charge in [0.2, 0.25) is 0 Å². The van der Waals surface area contributed by atoms with Crippen molar-refractivity contribution in [2.24, 2.45) is 5.41 Å². The summed E-state index contributed by atoms with van der Waals surface area (Å²) in [6.07, 6.45) is 5.61. The highest BCUT2D eigenvalue weighted by Crippen LogP contribution is 2.40. The maximum absolute atomic E-state index is 9.95. The summed E-state index contributed by atoms with van der Waals surface area (Å²) in [5.41, 5.74) is 0.285. The van der Waals surface area contributed by atoms with Crippen molar-refractivity contribution in [2.75, 3.05) is 26.3 Å². The van der Waals surface area contributed by atoms with Crippen LogP contribution >= 0.6 is 0 Å². The number of aliphatic hydroxyl groups excluding tert-OH is 1. The first-order chi connectivity index (χ1) is 9.58. The maximum atomic E-state index is 9.95. The molecule has 2 bridgehead atoms. The van der Waals surface area contributed by atoms with Gasteiger partial charge in [0.15, 0.2) is 0 Å². The molecule has 4 nitrogen and oxygen atoms in total. The van der Waals surface area contributed by atoms with Crippen LogP contribution in [0.25, 0.3) is 0 Å². The van der Waals surface area contributed by atoms with E-state index in [2.05, 4.69) is 24.1 Å². The SMILES string of the molecule is CC(C)NCC1(CN2C3CCC2CC(O)C3)CCOC1. The molecule has 4 heteroatoms. The molecule has 116 valence electrons. The van der Waals surface area contributed by atoms with Crippen molar-refractivity contribution in [1.82, 2.24) is 10.2 Å². The van der Waals surface area contributed by atoms with Crippen LogP contribution in [0, 0.1) is 5.41 Å². The Labute approximate surface area is 122 Å². The third kappa shape index (κ3) is 3.03. The van der Waals surface area contributed by atoms with Gasteiger partial charge in [0.05, 0.1) is 12.7 Å². The number of fused-ring (bicyclic) bond motifs is 2. The Hall–Kier alpha value is -0.160. The van der Waals surface area contributed by atoms with Gasteiger partial charge in [0, 0.05) is 43.2 Å². The average molecular weight is 282 g/mol. The standard InChI is InChI=1S/C16H30N2O2/c1-12(2)17-9-16(5-6-20-11-16)10-18-13-3-4-14(18)8-15(19)7-13/h12-15,17,19H,3-11H2,1-2H3.